The van der Waals surface area contributed by atoms with Crippen LogP contribution in [0.15, 0.2) is 0 Å². The highest BCUT2D eigenvalue weighted by molar-refractivity contribution is 5.79. The Labute approximate surface area is 158 Å². The quantitative estimate of drug-likeness (QED) is 0.775. The van der Waals surface area contributed by atoms with Crippen LogP contribution in [-0.4, -0.2) is 66.5 Å². The first-order valence-corrected chi connectivity index (χ1v) is 10.4. The van der Waals surface area contributed by atoms with Crippen LogP contribution in [0.4, 0.5) is 0 Å². The van der Waals surface area contributed by atoms with Crippen LogP contribution in [0.2, 0.25) is 0 Å². The van der Waals surface area contributed by atoms with Gasteiger partial charge in [-0.25, -0.2) is 5.01 Å². The SMILES string of the molecule is CN(CC1(C#N)CCCCC1)C1CCN(C(=O)C2CCN(N)CC2)CC1. The summed E-state index contributed by atoms with van der Waals surface area (Å²) in [5, 5.41) is 11.5. The lowest BCUT2D eigenvalue weighted by molar-refractivity contribution is -0.138. The van der Waals surface area contributed by atoms with Gasteiger partial charge in [-0.2, -0.15) is 5.26 Å². The highest BCUT2D eigenvalue weighted by Crippen LogP contribution is 2.37. The minimum Gasteiger partial charge on any atom is -0.342 e. The number of piperidine rings is 2. The zero-order valence-corrected chi connectivity index (χ0v) is 16.3. The lowest BCUT2D eigenvalue weighted by Crippen LogP contribution is -2.51. The zero-order chi connectivity index (χ0) is 18.6. The third-order valence-electron chi connectivity index (χ3n) is 6.88. The van der Waals surface area contributed by atoms with E-state index in [1.54, 1.807) is 0 Å². The van der Waals surface area contributed by atoms with Crippen molar-refractivity contribution >= 4 is 5.91 Å². The van der Waals surface area contributed by atoms with Crippen molar-refractivity contribution in [1.82, 2.24) is 14.8 Å². The number of hydrazine groups is 1. The second kappa shape index (κ2) is 8.69. The second-order valence-corrected chi connectivity index (χ2v) is 8.73. The van der Waals surface area contributed by atoms with Gasteiger partial charge in [0.25, 0.3) is 0 Å². The van der Waals surface area contributed by atoms with Gasteiger partial charge < -0.3 is 9.80 Å². The average Bonchev–Trinajstić information content (AvgIpc) is 2.69. The van der Waals surface area contributed by atoms with Gasteiger partial charge in [0, 0.05) is 44.7 Å². The summed E-state index contributed by atoms with van der Waals surface area (Å²) >= 11 is 0. The standard InChI is InChI=1S/C20H35N5O/c1-23(16-20(15-21)9-3-2-4-10-20)18-7-11-24(12-8-18)19(26)17-5-13-25(22)14-6-17/h17-18H,2-14,16,22H2,1H3. The highest BCUT2D eigenvalue weighted by Gasteiger charge is 2.36. The second-order valence-electron chi connectivity index (χ2n) is 8.73. The summed E-state index contributed by atoms with van der Waals surface area (Å²) in [4.78, 5) is 17.2. The Morgan fingerprint density at radius 2 is 1.73 bits per heavy atom. The number of hydrogen-bond donors (Lipinski definition) is 1. The van der Waals surface area contributed by atoms with Gasteiger partial charge in [0.2, 0.25) is 5.91 Å². The molecule has 0 aromatic carbocycles. The van der Waals surface area contributed by atoms with Gasteiger partial charge in [0.05, 0.1) is 11.5 Å². The van der Waals surface area contributed by atoms with Crippen molar-refractivity contribution in [3.05, 3.63) is 0 Å². The summed E-state index contributed by atoms with van der Waals surface area (Å²) in [7, 11) is 2.17. The molecular formula is C20H35N5O. The molecule has 0 radical (unpaired) electrons. The lowest BCUT2D eigenvalue weighted by atomic mass is 9.74. The molecule has 3 fully saturated rings. The highest BCUT2D eigenvalue weighted by atomic mass is 16.2. The van der Waals surface area contributed by atoms with Gasteiger partial charge in [-0.05, 0) is 45.6 Å². The Morgan fingerprint density at radius 1 is 1.12 bits per heavy atom. The largest absolute Gasteiger partial charge is 0.342 e. The minimum absolute atomic E-state index is 0.143. The molecule has 6 heteroatoms. The van der Waals surface area contributed by atoms with Crippen molar-refractivity contribution in [1.29, 1.82) is 5.26 Å². The Hall–Kier alpha value is -1.16. The number of hydrogen-bond acceptors (Lipinski definition) is 5. The van der Waals surface area contributed by atoms with Crippen LogP contribution in [0.5, 0.6) is 0 Å². The number of carbonyl (C=O) groups excluding carboxylic acids is 1. The molecule has 2 heterocycles. The smallest absolute Gasteiger partial charge is 0.225 e. The Morgan fingerprint density at radius 3 is 2.31 bits per heavy atom. The fourth-order valence-corrected chi connectivity index (χ4v) is 5.07. The summed E-state index contributed by atoms with van der Waals surface area (Å²) in [6, 6.07) is 3.14. The van der Waals surface area contributed by atoms with Crippen molar-refractivity contribution in [2.45, 2.75) is 63.8 Å². The molecule has 1 aliphatic carbocycles. The first kappa shape index (κ1) is 19.6. The maximum Gasteiger partial charge on any atom is 0.225 e. The first-order valence-electron chi connectivity index (χ1n) is 10.4. The van der Waals surface area contributed by atoms with E-state index in [2.05, 4.69) is 22.9 Å². The normalized spacial score (nSPS) is 26.0. The first-order chi connectivity index (χ1) is 12.5. The van der Waals surface area contributed by atoms with E-state index >= 15 is 0 Å². The molecule has 2 N–H and O–H groups in total. The molecule has 26 heavy (non-hydrogen) atoms. The number of nitriles is 1. The molecule has 146 valence electrons. The van der Waals surface area contributed by atoms with Crippen molar-refractivity contribution < 1.29 is 4.79 Å². The summed E-state index contributed by atoms with van der Waals surface area (Å²) in [5.41, 5.74) is -0.143. The van der Waals surface area contributed by atoms with E-state index in [9.17, 15) is 10.1 Å². The minimum atomic E-state index is -0.143. The number of rotatable bonds is 4. The molecule has 0 atom stereocenters. The van der Waals surface area contributed by atoms with E-state index in [1.807, 2.05) is 5.01 Å². The molecule has 6 nitrogen and oxygen atoms in total. The fraction of sp³-hybridized carbons (Fsp3) is 0.900. The summed E-state index contributed by atoms with van der Waals surface area (Å²) < 4.78 is 0. The number of amides is 1. The average molecular weight is 362 g/mol. The number of nitrogens with two attached hydrogens (primary N) is 1. The fourth-order valence-electron chi connectivity index (χ4n) is 5.07. The molecule has 2 aliphatic heterocycles. The van der Waals surface area contributed by atoms with Crippen LogP contribution in [0, 0.1) is 22.7 Å². The van der Waals surface area contributed by atoms with Crippen LogP contribution in [0.1, 0.15) is 57.8 Å². The van der Waals surface area contributed by atoms with Crippen molar-refractivity contribution in [3.63, 3.8) is 0 Å². The third kappa shape index (κ3) is 4.57. The maximum atomic E-state index is 12.8. The Kier molecular flexibility index (Phi) is 6.55. The molecule has 3 rings (SSSR count). The van der Waals surface area contributed by atoms with Gasteiger partial charge >= 0.3 is 0 Å². The van der Waals surface area contributed by atoms with E-state index in [4.69, 9.17) is 5.84 Å². The predicted octanol–water partition coefficient (Wildman–Crippen LogP) is 1.97. The van der Waals surface area contributed by atoms with Crippen LogP contribution >= 0.6 is 0 Å². The summed E-state index contributed by atoms with van der Waals surface area (Å²) in [6.45, 7) is 4.25. The molecule has 0 aromatic rings. The molecule has 1 saturated carbocycles. The van der Waals surface area contributed by atoms with Crippen LogP contribution in [0.3, 0.4) is 0 Å². The van der Waals surface area contributed by atoms with Crippen LogP contribution in [0.25, 0.3) is 0 Å². The van der Waals surface area contributed by atoms with Crippen LogP contribution < -0.4 is 5.84 Å². The molecule has 2 saturated heterocycles. The van der Waals surface area contributed by atoms with E-state index < -0.39 is 0 Å². The molecule has 0 spiro atoms. The van der Waals surface area contributed by atoms with Crippen molar-refractivity contribution in [2.75, 3.05) is 39.8 Å². The number of carbonyl (C=O) groups is 1. The third-order valence-corrected chi connectivity index (χ3v) is 6.88. The van der Waals surface area contributed by atoms with E-state index in [-0.39, 0.29) is 11.3 Å². The predicted molar refractivity (Wildman–Crippen MR) is 102 cm³/mol. The monoisotopic (exact) mass is 361 g/mol. The van der Waals surface area contributed by atoms with Gasteiger partial charge in [-0.15, -0.1) is 0 Å². The van der Waals surface area contributed by atoms with Gasteiger partial charge in [-0.3, -0.25) is 10.6 Å². The number of nitrogens with zero attached hydrogens (tertiary/aromatic N) is 4. The van der Waals surface area contributed by atoms with Gasteiger partial charge in [0.15, 0.2) is 0 Å². The molecular weight excluding hydrogens is 326 g/mol. The maximum absolute atomic E-state index is 12.8. The molecule has 3 aliphatic rings. The summed E-state index contributed by atoms with van der Waals surface area (Å²) in [5.74, 6) is 6.30. The molecule has 1 amide bonds. The van der Waals surface area contributed by atoms with Crippen molar-refractivity contribution in [2.24, 2.45) is 17.2 Å². The number of likely N-dealkylation sites (tertiary alicyclic amines) is 1. The zero-order valence-electron chi connectivity index (χ0n) is 16.3. The molecule has 0 unspecified atom stereocenters. The van der Waals surface area contributed by atoms with E-state index in [1.165, 1.54) is 19.3 Å². The van der Waals surface area contributed by atoms with Crippen molar-refractivity contribution in [3.8, 4) is 6.07 Å². The van der Waals surface area contributed by atoms with E-state index in [0.717, 1.165) is 71.2 Å². The molecule has 0 bridgehead atoms. The van der Waals surface area contributed by atoms with E-state index in [0.29, 0.717) is 11.9 Å². The van der Waals surface area contributed by atoms with Gasteiger partial charge in [-0.1, -0.05) is 19.3 Å². The molecule has 0 aromatic heterocycles. The van der Waals surface area contributed by atoms with Crippen LogP contribution in [-0.2, 0) is 4.79 Å². The Bertz CT molecular complexity index is 509. The topological polar surface area (TPSA) is 76.6 Å². The lowest BCUT2D eigenvalue weighted by Gasteiger charge is -2.42. The summed E-state index contributed by atoms with van der Waals surface area (Å²) in [6.07, 6.45) is 9.58. The van der Waals surface area contributed by atoms with Gasteiger partial charge in [0.1, 0.15) is 0 Å². The Balaban J connectivity index is 1.47.